The highest BCUT2D eigenvalue weighted by Gasteiger charge is 2.31. The van der Waals surface area contributed by atoms with Gasteiger partial charge in [0.1, 0.15) is 28.7 Å². The van der Waals surface area contributed by atoms with Crippen LogP contribution in [0.3, 0.4) is 0 Å². The fourth-order valence-corrected chi connectivity index (χ4v) is 11.8. The smallest absolute Gasteiger partial charge is 0.425 e. The number of hydrogen-bond acceptors (Lipinski definition) is 30. The molecule has 12 rings (SSSR count). The zero-order valence-corrected chi connectivity index (χ0v) is 65.7. The van der Waals surface area contributed by atoms with Crippen molar-refractivity contribution in [3.63, 3.8) is 0 Å². The fraction of sp³-hybridized carbons (Fsp3) is 0.220. The van der Waals surface area contributed by atoms with Crippen molar-refractivity contribution in [2.45, 2.75) is 137 Å². The number of hydrogen-bond donors (Lipinski definition) is 0. The number of carbonyl (C=O) groups excluding carboxylic acids is 14. The number of fused-ring (bicyclic) bond motifs is 6. The third-order valence-electron chi connectivity index (χ3n) is 17.9. The molecule has 0 fully saturated rings. The van der Waals surface area contributed by atoms with Crippen LogP contribution in [0.4, 0.5) is 4.79 Å². The first kappa shape index (κ1) is 133. The SMILES string of the molecule is C.C.C.C.C.C.C.C.C.C.C.C.C.C.C.C=CC(=O)OCOC(=O)Oc1ccc(-c2ccc(C#N)cc2)cc1.C=CC(=O)OCOC(=O)c1ccc(C(=O)Oc2ccc3c(c2)C(C)c2cc(OC(=O)c4ccc(C(=O)OCOC(=O)C=C)cc4)ccc2-3)cc1.C=CC(=O)OCOC(=O)c1cccc(C(=O)Oc2ccc3c(c2)C(C)c2cc(OC(=O)c4cccc(C(=O)OCOC(=O)C=C)c4)ccc2-3)c1. The maximum absolute atomic E-state index is 13.0. The van der Waals surface area contributed by atoms with Crippen LogP contribution in [-0.2, 0) is 71.3 Å². The standard InChI is InChI=1S/2C38H28O12.C18H13NO5.15CH4/c1-4-33(39)45-20-47-35(41)23-6-10-25(11-7-23)37(43)49-27-14-16-29-30-17-15-28(19-32(30)22(3)31(29)18-27)50-38(44)26-12-8-24(9-13-26)36(42)48-21-46-34(40)5-2;1-4-33(39)45-20-47-35(41)23-8-6-10-25(16-23)37(43)49-27-12-14-29-30-15-13-28(19-32(30)22(3)31(29)18-27)50-38(44)26-11-7-9-24(17-26)36(42)48-21-46-34(40)5-2;1-2-17(20)22-12-23-18(21)24-16-9-7-15(8-10-16)14-5-3-13(11-19)4-6-14;;;;;;;;;;;;;;;/h2*4-19,22H,1-2,20-21H2,3H3;2-10H,1,12H2;15*1H4. The van der Waals surface area contributed by atoms with Crippen LogP contribution in [0.25, 0.3) is 33.4 Å². The molecule has 0 N–H and O–H groups in total. The third kappa shape index (κ3) is 36.3. The van der Waals surface area contributed by atoms with Gasteiger partial charge in [0.05, 0.1) is 56.1 Å². The van der Waals surface area contributed by atoms with Crippen LogP contribution in [0.5, 0.6) is 28.7 Å². The first-order chi connectivity index (χ1) is 59.8. The molecular weight excluding hydrogens is 1790 g/mol. The Balaban J connectivity index is -0.000000476. The molecule has 0 radical (unpaired) electrons. The molecule has 0 bridgehead atoms. The summed E-state index contributed by atoms with van der Waals surface area (Å²) in [5.41, 5.74) is 10.7. The molecule has 139 heavy (non-hydrogen) atoms. The van der Waals surface area contributed by atoms with Gasteiger partial charge in [-0.3, -0.25) is 0 Å². The van der Waals surface area contributed by atoms with E-state index in [0.29, 0.717) is 17.1 Å². The number of esters is 13. The maximum Gasteiger partial charge on any atom is 0.516 e. The molecule has 0 aromatic heterocycles. The zero-order chi connectivity index (χ0) is 88.9. The minimum Gasteiger partial charge on any atom is -0.425 e. The summed E-state index contributed by atoms with van der Waals surface area (Å²) in [5, 5.41) is 8.78. The predicted octanol–water partition coefficient (Wildman–Crippen LogP) is 24.9. The summed E-state index contributed by atoms with van der Waals surface area (Å²) in [6.07, 6.45) is 3.71. The lowest BCUT2D eigenvalue weighted by Crippen LogP contribution is -2.14. The van der Waals surface area contributed by atoms with Crippen LogP contribution in [0, 0.1) is 11.3 Å². The average Bonchev–Trinajstić information content (AvgIpc) is 1.61. The molecule has 10 aromatic carbocycles. The molecule has 0 heterocycles. The fourth-order valence-electron chi connectivity index (χ4n) is 11.8. The van der Waals surface area contributed by atoms with E-state index in [-0.39, 0.29) is 185 Å². The summed E-state index contributed by atoms with van der Waals surface area (Å²) in [6.45, 7) is 17.2. The molecule has 2 aliphatic rings. The second-order valence-electron chi connectivity index (χ2n) is 25.7. The molecule has 0 saturated carbocycles. The van der Waals surface area contributed by atoms with Gasteiger partial charge < -0.3 is 71.1 Å². The second kappa shape index (κ2) is 63.8. The molecule has 0 spiro atoms. The predicted molar refractivity (Wildman–Crippen MR) is 537 cm³/mol. The molecule has 30 nitrogen and oxygen atoms in total. The number of nitrogens with zero attached hydrogens (tertiary/aromatic N) is 1. The highest BCUT2D eigenvalue weighted by atomic mass is 16.8. The topological polar surface area (TPSA) is 401 Å². The van der Waals surface area contributed by atoms with E-state index in [1.807, 2.05) is 50.2 Å². The Morgan fingerprint density at radius 1 is 0.252 bits per heavy atom. The van der Waals surface area contributed by atoms with E-state index in [1.54, 1.807) is 84.9 Å². The normalized spacial score (nSPS) is 9.71. The van der Waals surface area contributed by atoms with Crippen LogP contribution in [0.1, 0.15) is 248 Å². The Labute approximate surface area is 816 Å². The van der Waals surface area contributed by atoms with Gasteiger partial charge >= 0.3 is 83.8 Å². The van der Waals surface area contributed by atoms with Crippen molar-refractivity contribution in [2.24, 2.45) is 0 Å². The summed E-state index contributed by atoms with van der Waals surface area (Å²) in [5.74, 6) is -8.24. The molecule has 30 heteroatoms. The molecular formula is C109H129NO29. The maximum atomic E-state index is 13.0. The lowest BCUT2D eigenvalue weighted by molar-refractivity contribution is -0.147. The lowest BCUT2D eigenvalue weighted by Gasteiger charge is -2.11. The highest BCUT2D eigenvalue weighted by Crippen LogP contribution is 2.49. The lowest BCUT2D eigenvalue weighted by atomic mass is 9.99. The number of rotatable bonds is 29. The summed E-state index contributed by atoms with van der Waals surface area (Å²) in [7, 11) is 0. The van der Waals surface area contributed by atoms with Crippen LogP contribution >= 0.6 is 0 Å². The van der Waals surface area contributed by atoms with Crippen LogP contribution in [-0.4, -0.2) is 118 Å². The van der Waals surface area contributed by atoms with Crippen LogP contribution in [0.15, 0.2) is 282 Å². The van der Waals surface area contributed by atoms with Gasteiger partial charge in [0, 0.05) is 42.2 Å². The number of nitriles is 1. The molecule has 2 aliphatic carbocycles. The zero-order valence-electron chi connectivity index (χ0n) is 65.7. The van der Waals surface area contributed by atoms with Crippen molar-refractivity contribution < 1.29 is 138 Å². The monoisotopic (exact) mass is 1920 g/mol. The van der Waals surface area contributed by atoms with Gasteiger partial charge in [-0.1, -0.05) is 219 Å². The van der Waals surface area contributed by atoms with Crippen molar-refractivity contribution in [3.8, 4) is 68.2 Å². The van der Waals surface area contributed by atoms with E-state index in [9.17, 15) is 67.1 Å². The first-order valence-corrected chi connectivity index (χ1v) is 36.7. The van der Waals surface area contributed by atoms with Crippen molar-refractivity contribution in [1.82, 2.24) is 0 Å². The van der Waals surface area contributed by atoms with Crippen LogP contribution in [0.2, 0.25) is 0 Å². The van der Waals surface area contributed by atoms with Crippen molar-refractivity contribution in [2.75, 3.05) is 34.0 Å². The highest BCUT2D eigenvalue weighted by molar-refractivity contribution is 5.99. The van der Waals surface area contributed by atoms with Crippen molar-refractivity contribution >= 4 is 83.8 Å². The van der Waals surface area contributed by atoms with Gasteiger partial charge in [-0.2, -0.15) is 5.26 Å². The van der Waals surface area contributed by atoms with Crippen molar-refractivity contribution in [1.29, 1.82) is 5.26 Å². The summed E-state index contributed by atoms with van der Waals surface area (Å²) in [4.78, 5) is 167. The van der Waals surface area contributed by atoms with E-state index in [2.05, 4.69) is 67.4 Å². The Morgan fingerprint density at radius 3 is 0.719 bits per heavy atom. The van der Waals surface area contributed by atoms with Gasteiger partial charge in [-0.05, 0) is 213 Å². The van der Waals surface area contributed by atoms with Gasteiger partial charge in [0.2, 0.25) is 34.0 Å². The van der Waals surface area contributed by atoms with E-state index >= 15 is 0 Å². The number of ether oxygens (including phenoxy) is 15. The minimum atomic E-state index is -0.988. The van der Waals surface area contributed by atoms with Gasteiger partial charge in [0.25, 0.3) is 0 Å². The molecule has 0 atom stereocenters. The van der Waals surface area contributed by atoms with Crippen molar-refractivity contribution in [3.05, 3.63) is 354 Å². The summed E-state index contributed by atoms with van der Waals surface area (Å²) in [6, 6.07) is 59.6. The molecule has 744 valence electrons. The Bertz CT molecular complexity index is 5630. The molecule has 0 saturated heterocycles. The summed E-state index contributed by atoms with van der Waals surface area (Å²) < 4.78 is 74.5. The third-order valence-corrected chi connectivity index (χ3v) is 17.9. The Morgan fingerprint density at radius 2 is 0.468 bits per heavy atom. The van der Waals surface area contributed by atoms with Crippen LogP contribution < -0.4 is 23.7 Å². The molecule has 0 amide bonds. The van der Waals surface area contributed by atoms with E-state index in [4.69, 9.17) is 47.9 Å². The van der Waals surface area contributed by atoms with Gasteiger partial charge in [-0.15, -0.1) is 0 Å². The number of benzene rings is 10. The van der Waals surface area contributed by atoms with E-state index in [0.717, 1.165) is 86.0 Å². The van der Waals surface area contributed by atoms with E-state index < -0.39 is 118 Å². The summed E-state index contributed by atoms with van der Waals surface area (Å²) >= 11 is 0. The van der Waals surface area contributed by atoms with E-state index in [1.165, 1.54) is 97.1 Å². The van der Waals surface area contributed by atoms with Gasteiger partial charge in [0.15, 0.2) is 0 Å². The average molecular weight is 1920 g/mol. The Kier molecular flexibility index (Phi) is 60.8. The molecule has 0 unspecified atom stereocenters. The molecule has 0 aliphatic heterocycles. The quantitative estimate of drug-likeness (QED) is 0.0105. The molecule has 10 aromatic rings. The Hall–Kier alpha value is -17.2. The first-order valence-electron chi connectivity index (χ1n) is 36.7. The second-order valence-corrected chi connectivity index (χ2v) is 25.7. The largest absolute Gasteiger partial charge is 0.516 e. The minimum absolute atomic E-state index is 0. The number of carbonyl (C=O) groups is 14. The van der Waals surface area contributed by atoms with Gasteiger partial charge in [-0.25, -0.2) is 67.1 Å².